The zero-order valence-electron chi connectivity index (χ0n) is 22.0. The maximum absolute atomic E-state index is 13.0. The molecule has 4 aromatic heterocycles. The number of fused-ring (bicyclic) bond motifs is 4. The van der Waals surface area contributed by atoms with E-state index in [-0.39, 0.29) is 34.0 Å². The lowest BCUT2D eigenvalue weighted by atomic mass is 10.1. The van der Waals surface area contributed by atoms with Gasteiger partial charge in [-0.3, -0.25) is 13.7 Å². The van der Waals surface area contributed by atoms with Gasteiger partial charge in [0, 0.05) is 6.54 Å². The molecule has 236 valence electrons. The van der Waals surface area contributed by atoms with Gasteiger partial charge in [-0.15, -0.1) is 0 Å². The lowest BCUT2D eigenvalue weighted by molar-refractivity contribution is -0.236. The number of phosphoric ester groups is 1. The zero-order chi connectivity index (χ0) is 31.0. The van der Waals surface area contributed by atoms with Crippen LogP contribution < -0.4 is 21.1 Å². The number of nitrogens with two attached hydrogens (primary N) is 2. The number of hydrogen-bond acceptors (Lipinski definition) is 19. The highest BCUT2D eigenvalue weighted by Crippen LogP contribution is 2.47. The Morgan fingerprint density at radius 2 is 1.43 bits per heavy atom. The quantitative estimate of drug-likeness (QED) is 0.130. The molecule has 4 aromatic rings. The van der Waals surface area contributed by atoms with Crippen LogP contribution in [0.4, 0.5) is 11.6 Å². The summed E-state index contributed by atoms with van der Waals surface area (Å²) in [6.07, 6.45) is -7.52. The predicted octanol–water partition coefficient (Wildman–Crippen LogP) is -3.55. The van der Waals surface area contributed by atoms with E-state index in [1.165, 1.54) is 21.8 Å². The van der Waals surface area contributed by atoms with Crippen molar-refractivity contribution in [2.24, 2.45) is 0 Å². The first kappa shape index (κ1) is 29.2. The van der Waals surface area contributed by atoms with Crippen LogP contribution in [0.15, 0.2) is 25.3 Å². The molecule has 0 aromatic carbocycles. The minimum absolute atomic E-state index is 0.0411. The van der Waals surface area contributed by atoms with E-state index in [9.17, 15) is 28.1 Å². The van der Waals surface area contributed by atoms with Crippen molar-refractivity contribution in [3.8, 4) is 0 Å². The van der Waals surface area contributed by atoms with E-state index in [0.29, 0.717) is 0 Å². The molecule has 0 aliphatic carbocycles. The minimum Gasteiger partial charge on any atom is -0.756 e. The summed E-state index contributed by atoms with van der Waals surface area (Å²) in [5.41, 5.74) is 12.3. The molecule has 7 rings (SSSR count). The summed E-state index contributed by atoms with van der Waals surface area (Å²) >= 11 is 0. The molecule has 24 heteroatoms. The Morgan fingerprint density at radius 1 is 0.886 bits per heavy atom. The van der Waals surface area contributed by atoms with Crippen LogP contribution in [0.1, 0.15) is 12.5 Å². The first-order valence-corrected chi connectivity index (χ1v) is 15.6. The van der Waals surface area contributed by atoms with Crippen molar-refractivity contribution in [2.45, 2.75) is 49.1 Å². The van der Waals surface area contributed by atoms with Crippen molar-refractivity contribution in [1.82, 2.24) is 43.8 Å². The van der Waals surface area contributed by atoms with Gasteiger partial charge in [0.15, 0.2) is 35.4 Å². The van der Waals surface area contributed by atoms with Gasteiger partial charge in [0.05, 0.1) is 19.3 Å². The van der Waals surface area contributed by atoms with E-state index in [4.69, 9.17) is 34.2 Å². The highest BCUT2D eigenvalue weighted by atomic mass is 32.2. The van der Waals surface area contributed by atoms with E-state index in [1.807, 2.05) is 0 Å². The maximum Gasteiger partial charge on any atom is 0.336 e. The van der Waals surface area contributed by atoms with E-state index < -0.39 is 80.4 Å². The number of rotatable bonds is 2. The Hall–Kier alpha value is -3.48. The molecule has 3 aliphatic heterocycles. The number of aliphatic hydroxyl groups is 2. The van der Waals surface area contributed by atoms with Gasteiger partial charge in [-0.05, 0) is 0 Å². The van der Waals surface area contributed by atoms with Gasteiger partial charge in [-0.2, -0.15) is 13.1 Å². The second-order valence-corrected chi connectivity index (χ2v) is 12.7. The Balaban J connectivity index is 1.17. The van der Waals surface area contributed by atoms with Gasteiger partial charge in [0.25, 0.3) is 7.82 Å². The fourth-order valence-corrected chi connectivity index (χ4v) is 7.18. The molecular weight excluding hydrogens is 633 g/mol. The molecule has 7 heterocycles. The Kier molecular flexibility index (Phi) is 7.02. The Labute approximate surface area is 245 Å². The smallest absolute Gasteiger partial charge is 0.336 e. The number of aromatic nitrogens is 8. The molecule has 1 unspecified atom stereocenters. The summed E-state index contributed by atoms with van der Waals surface area (Å²) in [6, 6.07) is 0. The molecule has 7 N–H and O–H groups in total. The Bertz CT molecular complexity index is 1890. The lowest BCUT2D eigenvalue weighted by Crippen LogP contribution is -2.46. The van der Waals surface area contributed by atoms with Gasteiger partial charge in [-0.25, -0.2) is 34.1 Å². The third-order valence-electron chi connectivity index (χ3n) is 7.29. The molecule has 3 fully saturated rings. The predicted molar refractivity (Wildman–Crippen MR) is 140 cm³/mol. The van der Waals surface area contributed by atoms with Crippen molar-refractivity contribution < 1.29 is 50.8 Å². The SMILES string of the molecule is Nc1ncnc2c1ncn2[C@@H]1O[C@@H]2CNS(=O)(=O)O[C@H]3[C@@H](O)[C@H](n4cnc5c(N)ncnc54)O[C@@H]3COP(=O)([O-])O[C@H]2[C@H]1O. The van der Waals surface area contributed by atoms with Gasteiger partial charge < -0.3 is 45.1 Å². The third kappa shape index (κ3) is 4.96. The molecule has 9 atom stereocenters. The normalized spacial score (nSPS) is 36.1. The second kappa shape index (κ2) is 10.6. The van der Waals surface area contributed by atoms with Crippen molar-refractivity contribution in [3.05, 3.63) is 25.3 Å². The number of aliphatic hydroxyl groups excluding tert-OH is 2. The minimum atomic E-state index is -5.24. The zero-order valence-corrected chi connectivity index (χ0v) is 23.7. The number of phosphoric acid groups is 1. The molecule has 22 nitrogen and oxygen atoms in total. The van der Waals surface area contributed by atoms with Crippen LogP contribution in [-0.4, -0.2) is 107 Å². The molecule has 0 radical (unpaired) electrons. The van der Waals surface area contributed by atoms with Crippen molar-refractivity contribution in [3.63, 3.8) is 0 Å². The fraction of sp³-hybridized carbons (Fsp3) is 0.500. The van der Waals surface area contributed by atoms with E-state index in [2.05, 4.69) is 34.6 Å². The number of ether oxygens (including phenoxy) is 2. The van der Waals surface area contributed by atoms with Crippen LogP contribution >= 0.6 is 7.82 Å². The van der Waals surface area contributed by atoms with Crippen molar-refractivity contribution in [1.29, 1.82) is 0 Å². The molecular formula is C20H23N11O11PS-. The standard InChI is InChI=1S/C20H24N11O11PS/c21-15-9-17(25-3-23-15)30(5-27-9)19-11(32)13-7(39-19)1-29-44(36,37)42-14-8(2-38-43(34,35)41-13)40-20(12(14)33)31-6-28-10-16(22)24-4-26-18(10)31/h3-8,11-14,19-20,29,32-33H,1-2H2,(H,34,35)(H2,21,23,25)(H2,22,24,26)/p-1/t7-,8-,11-,12-,13-,14-,19-,20-/m1/s1. The summed E-state index contributed by atoms with van der Waals surface area (Å²) in [5.74, 6) is 0.0847. The third-order valence-corrected chi connectivity index (χ3v) is 9.25. The molecule has 3 aliphatic rings. The highest BCUT2D eigenvalue weighted by Gasteiger charge is 2.51. The van der Waals surface area contributed by atoms with Gasteiger partial charge in [0.1, 0.15) is 60.3 Å². The summed E-state index contributed by atoms with van der Waals surface area (Å²) in [7, 11) is -9.91. The van der Waals surface area contributed by atoms with Crippen LogP contribution in [0.25, 0.3) is 22.3 Å². The van der Waals surface area contributed by atoms with Crippen LogP contribution in [0.2, 0.25) is 0 Å². The molecule has 0 amide bonds. The summed E-state index contributed by atoms with van der Waals surface area (Å²) in [5, 5.41) is 22.2. The van der Waals surface area contributed by atoms with Crippen LogP contribution in [-0.2, 0) is 37.6 Å². The fourth-order valence-electron chi connectivity index (χ4n) is 5.27. The summed E-state index contributed by atoms with van der Waals surface area (Å²) < 4.78 is 70.8. The summed E-state index contributed by atoms with van der Waals surface area (Å²) in [4.78, 5) is 37.0. The first-order chi connectivity index (χ1) is 20.9. The van der Waals surface area contributed by atoms with Crippen LogP contribution in [0, 0.1) is 0 Å². The Morgan fingerprint density at radius 3 is 2.02 bits per heavy atom. The topological polar surface area (TPSA) is 312 Å². The average molecular weight is 657 g/mol. The lowest BCUT2D eigenvalue weighted by Gasteiger charge is -2.31. The first-order valence-electron chi connectivity index (χ1n) is 12.8. The molecule has 3 saturated heterocycles. The monoisotopic (exact) mass is 656 g/mol. The second-order valence-electron chi connectivity index (χ2n) is 9.95. The number of hydrogen-bond donors (Lipinski definition) is 5. The maximum atomic E-state index is 13.0. The number of imidazole rings is 2. The van der Waals surface area contributed by atoms with E-state index >= 15 is 0 Å². The molecule has 0 saturated carbocycles. The van der Waals surface area contributed by atoms with Crippen LogP contribution in [0.3, 0.4) is 0 Å². The summed E-state index contributed by atoms with van der Waals surface area (Å²) in [6.45, 7) is -1.48. The molecule has 0 bridgehead atoms. The van der Waals surface area contributed by atoms with Gasteiger partial charge in [0.2, 0.25) is 0 Å². The largest absolute Gasteiger partial charge is 0.756 e. The van der Waals surface area contributed by atoms with E-state index in [1.54, 1.807) is 0 Å². The van der Waals surface area contributed by atoms with Crippen molar-refractivity contribution >= 4 is 52.1 Å². The number of nitrogen functional groups attached to an aromatic ring is 2. The molecule has 0 spiro atoms. The van der Waals surface area contributed by atoms with Gasteiger partial charge in [-0.1, -0.05) is 0 Å². The van der Waals surface area contributed by atoms with E-state index in [0.717, 1.165) is 12.7 Å². The number of nitrogens with one attached hydrogen (secondary N) is 1. The number of nitrogens with zero attached hydrogens (tertiary/aromatic N) is 8. The van der Waals surface area contributed by atoms with Crippen LogP contribution in [0.5, 0.6) is 0 Å². The van der Waals surface area contributed by atoms with Gasteiger partial charge >= 0.3 is 10.3 Å². The average Bonchev–Trinajstić information content (AvgIpc) is 3.73. The highest BCUT2D eigenvalue weighted by molar-refractivity contribution is 7.84. The molecule has 44 heavy (non-hydrogen) atoms. The number of anilines is 2. The van der Waals surface area contributed by atoms with Crippen molar-refractivity contribution in [2.75, 3.05) is 24.6 Å².